The van der Waals surface area contributed by atoms with Crippen molar-refractivity contribution < 1.29 is 23.8 Å². The average Bonchev–Trinajstić information content (AvgIpc) is 3.60. The first-order valence-corrected chi connectivity index (χ1v) is 12.5. The predicted octanol–water partition coefficient (Wildman–Crippen LogP) is 3.67. The molecule has 0 radical (unpaired) electrons. The molecule has 3 fully saturated rings. The Bertz CT molecular complexity index is 1070. The van der Waals surface area contributed by atoms with E-state index < -0.39 is 5.82 Å². The zero-order valence-electron chi connectivity index (χ0n) is 20.1. The van der Waals surface area contributed by atoms with E-state index in [0.29, 0.717) is 44.6 Å². The molecule has 2 saturated heterocycles. The normalized spacial score (nSPS) is 20.3. The van der Waals surface area contributed by atoms with Crippen molar-refractivity contribution in [3.8, 4) is 17.0 Å². The Balaban J connectivity index is 1.41. The summed E-state index contributed by atoms with van der Waals surface area (Å²) >= 11 is 0. The Hall–Kier alpha value is -2.91. The molecule has 2 N–H and O–H groups in total. The molecular formula is C26H33FN4O4. The van der Waals surface area contributed by atoms with Gasteiger partial charge in [-0.1, -0.05) is 0 Å². The minimum absolute atomic E-state index is 0.122. The molecule has 2 aromatic rings. The Morgan fingerprint density at radius 3 is 2.71 bits per heavy atom. The number of nitrogens with one attached hydrogen (secondary N) is 1. The van der Waals surface area contributed by atoms with Gasteiger partial charge >= 0.3 is 6.03 Å². The fourth-order valence-electron chi connectivity index (χ4n) is 5.02. The minimum atomic E-state index is -0.461. The molecule has 3 heterocycles. The second-order valence-corrected chi connectivity index (χ2v) is 9.63. The number of pyridine rings is 1. The van der Waals surface area contributed by atoms with Gasteiger partial charge in [0, 0.05) is 32.2 Å². The average molecular weight is 485 g/mol. The van der Waals surface area contributed by atoms with Crippen LogP contribution in [0, 0.1) is 24.6 Å². The number of morpholine rings is 1. The molecule has 5 rings (SSSR count). The number of ether oxygens (including phenoxy) is 2. The number of hydrogen-bond donors (Lipinski definition) is 2. The van der Waals surface area contributed by atoms with Gasteiger partial charge in [-0.05, 0) is 72.9 Å². The number of aryl methyl sites for hydroxylation is 1. The quantitative estimate of drug-likeness (QED) is 0.624. The highest BCUT2D eigenvalue weighted by Gasteiger charge is 2.37. The van der Waals surface area contributed by atoms with Gasteiger partial charge in [0.15, 0.2) is 0 Å². The number of anilines is 2. The van der Waals surface area contributed by atoms with E-state index in [-0.39, 0.29) is 24.9 Å². The zero-order valence-corrected chi connectivity index (χ0v) is 20.1. The zero-order chi connectivity index (χ0) is 24.4. The first-order valence-electron chi connectivity index (χ1n) is 12.5. The Kier molecular flexibility index (Phi) is 7.06. The van der Waals surface area contributed by atoms with Crippen LogP contribution in [0.1, 0.15) is 24.8 Å². The van der Waals surface area contributed by atoms with Crippen LogP contribution in [-0.4, -0.2) is 73.6 Å². The molecule has 1 aromatic heterocycles. The lowest BCUT2D eigenvalue weighted by molar-refractivity contribution is 0.122. The molecule has 0 bridgehead atoms. The number of hydrogen-bond acceptors (Lipinski definition) is 6. The number of nitrogens with zero attached hydrogens (tertiary/aromatic N) is 3. The highest BCUT2D eigenvalue weighted by atomic mass is 19.1. The van der Waals surface area contributed by atoms with Gasteiger partial charge in [-0.15, -0.1) is 0 Å². The van der Waals surface area contributed by atoms with E-state index in [1.165, 1.54) is 18.9 Å². The van der Waals surface area contributed by atoms with E-state index in [2.05, 4.69) is 15.2 Å². The number of carbonyl (C=O) groups excluding carboxylic acids is 1. The number of aliphatic hydroxyl groups excluding tert-OH is 1. The first-order chi connectivity index (χ1) is 17.0. The SMILES string of the molecule is Cc1cc(F)c(NC(=O)N2CC[C@@H](C3CC3)C2)cc1-c1cc(OCCO)nc(N2CCOCC2)c1. The van der Waals surface area contributed by atoms with Crippen molar-refractivity contribution in [1.29, 1.82) is 0 Å². The maximum absolute atomic E-state index is 14.9. The molecule has 2 amide bonds. The number of rotatable bonds is 7. The maximum Gasteiger partial charge on any atom is 0.321 e. The fourth-order valence-corrected chi connectivity index (χ4v) is 5.02. The van der Waals surface area contributed by atoms with Gasteiger partial charge in [0.05, 0.1) is 25.5 Å². The molecule has 2 aliphatic heterocycles. The predicted molar refractivity (Wildman–Crippen MR) is 131 cm³/mol. The summed E-state index contributed by atoms with van der Waals surface area (Å²) in [6, 6.07) is 6.61. The number of amides is 2. The van der Waals surface area contributed by atoms with Crippen LogP contribution in [0.5, 0.6) is 5.88 Å². The highest BCUT2D eigenvalue weighted by Crippen LogP contribution is 2.41. The van der Waals surface area contributed by atoms with Gasteiger partial charge in [-0.25, -0.2) is 9.18 Å². The summed E-state index contributed by atoms with van der Waals surface area (Å²) in [7, 11) is 0. The minimum Gasteiger partial charge on any atom is -0.475 e. The lowest BCUT2D eigenvalue weighted by atomic mass is 10.00. The fraction of sp³-hybridized carbons (Fsp3) is 0.538. The summed E-state index contributed by atoms with van der Waals surface area (Å²) < 4.78 is 26.0. The van der Waals surface area contributed by atoms with Crippen LogP contribution in [-0.2, 0) is 4.74 Å². The number of aliphatic hydroxyl groups is 1. The summed E-state index contributed by atoms with van der Waals surface area (Å²) in [5.74, 6) is 1.99. The van der Waals surface area contributed by atoms with E-state index >= 15 is 0 Å². The molecule has 0 spiro atoms. The topological polar surface area (TPSA) is 87.2 Å². The molecule has 35 heavy (non-hydrogen) atoms. The molecule has 8 nitrogen and oxygen atoms in total. The summed E-state index contributed by atoms with van der Waals surface area (Å²) in [6.07, 6.45) is 3.55. The Morgan fingerprint density at radius 1 is 1.17 bits per heavy atom. The number of urea groups is 1. The second-order valence-electron chi connectivity index (χ2n) is 9.63. The highest BCUT2D eigenvalue weighted by molar-refractivity contribution is 5.91. The summed E-state index contributed by atoms with van der Waals surface area (Å²) in [4.78, 5) is 21.4. The molecule has 3 aliphatic rings. The van der Waals surface area contributed by atoms with Gasteiger partial charge in [0.2, 0.25) is 5.88 Å². The van der Waals surface area contributed by atoms with E-state index in [0.717, 1.165) is 41.4 Å². The number of benzene rings is 1. The van der Waals surface area contributed by atoms with Crippen LogP contribution >= 0.6 is 0 Å². The van der Waals surface area contributed by atoms with E-state index in [1.54, 1.807) is 17.0 Å². The summed E-state index contributed by atoms with van der Waals surface area (Å²) in [5, 5.41) is 12.0. The van der Waals surface area contributed by atoms with Crippen LogP contribution in [0.15, 0.2) is 24.3 Å². The molecule has 1 atom stereocenters. The molecule has 9 heteroatoms. The van der Waals surface area contributed by atoms with Crippen LogP contribution in [0.25, 0.3) is 11.1 Å². The third kappa shape index (κ3) is 5.51. The van der Waals surface area contributed by atoms with Crippen molar-refractivity contribution in [2.24, 2.45) is 11.8 Å². The summed E-state index contributed by atoms with van der Waals surface area (Å²) in [5.41, 5.74) is 2.48. The maximum atomic E-state index is 14.9. The number of aromatic nitrogens is 1. The van der Waals surface area contributed by atoms with Crippen molar-refractivity contribution in [3.63, 3.8) is 0 Å². The smallest absolute Gasteiger partial charge is 0.321 e. The third-order valence-electron chi connectivity index (χ3n) is 7.13. The van der Waals surface area contributed by atoms with Gasteiger partial charge in [-0.2, -0.15) is 4.98 Å². The number of likely N-dealkylation sites (tertiary alicyclic amines) is 1. The van der Waals surface area contributed by atoms with Crippen molar-refractivity contribution in [2.45, 2.75) is 26.2 Å². The molecular weight excluding hydrogens is 451 g/mol. The molecule has 0 unspecified atom stereocenters. The largest absolute Gasteiger partial charge is 0.475 e. The van der Waals surface area contributed by atoms with Crippen molar-refractivity contribution in [3.05, 3.63) is 35.6 Å². The Morgan fingerprint density at radius 2 is 1.97 bits per heavy atom. The Labute approximate surface area is 205 Å². The molecule has 1 saturated carbocycles. The van der Waals surface area contributed by atoms with Crippen LogP contribution in [0.3, 0.4) is 0 Å². The standard InChI is InChI=1S/C26H33FN4O4/c1-17-12-22(27)23(28-26(33)31-5-4-19(16-31)18-2-3-18)15-21(17)20-13-24(30-6-9-34-10-7-30)29-25(14-20)35-11-8-32/h12-15,18-19,32H,2-11,16H2,1H3,(H,28,33)/t19-/m1/s1. The van der Waals surface area contributed by atoms with Crippen molar-refractivity contribution >= 4 is 17.5 Å². The lowest BCUT2D eigenvalue weighted by Gasteiger charge is -2.28. The van der Waals surface area contributed by atoms with Gasteiger partial charge < -0.3 is 29.7 Å². The lowest BCUT2D eigenvalue weighted by Crippen LogP contribution is -2.36. The van der Waals surface area contributed by atoms with E-state index in [1.807, 2.05) is 13.0 Å². The first kappa shape index (κ1) is 23.8. The van der Waals surface area contributed by atoms with Crippen LogP contribution < -0.4 is 15.0 Å². The van der Waals surface area contributed by atoms with Crippen LogP contribution in [0.2, 0.25) is 0 Å². The third-order valence-corrected chi connectivity index (χ3v) is 7.13. The monoisotopic (exact) mass is 484 g/mol. The second kappa shape index (κ2) is 10.4. The van der Waals surface area contributed by atoms with E-state index in [9.17, 15) is 14.3 Å². The molecule has 1 aliphatic carbocycles. The van der Waals surface area contributed by atoms with Gasteiger partial charge in [0.25, 0.3) is 0 Å². The summed E-state index contributed by atoms with van der Waals surface area (Å²) in [6.45, 7) is 5.94. The number of carbonyl (C=O) groups is 1. The van der Waals surface area contributed by atoms with Gasteiger partial charge in [-0.3, -0.25) is 0 Å². The van der Waals surface area contributed by atoms with Crippen molar-refractivity contribution in [1.82, 2.24) is 9.88 Å². The molecule has 188 valence electrons. The van der Waals surface area contributed by atoms with Crippen LogP contribution in [0.4, 0.5) is 20.7 Å². The molecule has 1 aromatic carbocycles. The van der Waals surface area contributed by atoms with Crippen molar-refractivity contribution in [2.75, 3.05) is 62.8 Å². The number of halogens is 1. The van der Waals surface area contributed by atoms with E-state index in [4.69, 9.17) is 9.47 Å². The van der Waals surface area contributed by atoms with Gasteiger partial charge in [0.1, 0.15) is 18.2 Å².